The van der Waals surface area contributed by atoms with Crippen molar-refractivity contribution in [2.45, 2.75) is 0 Å². The zero-order chi connectivity index (χ0) is 13.5. The third-order valence-electron chi connectivity index (χ3n) is 2.18. The number of nitrogens with one attached hydrogen (secondary N) is 1. The normalized spacial score (nSPS) is 10.0. The Balaban J connectivity index is 1.82. The average molecular weight is 264 g/mol. The standard InChI is InChI=1S/C12H13FN4O2/c13-10-8-15-12(17-14)16-11(10)19-7-6-18-9-4-2-1-3-5-9/h1-5,8H,6-7,14H2,(H,15,16,17). The minimum atomic E-state index is -0.654. The number of nitrogens with zero attached hydrogens (tertiary/aromatic N) is 2. The van der Waals surface area contributed by atoms with Crippen LogP contribution < -0.4 is 20.7 Å². The van der Waals surface area contributed by atoms with Gasteiger partial charge in [-0.05, 0) is 12.1 Å². The van der Waals surface area contributed by atoms with Crippen LogP contribution in [0.15, 0.2) is 36.5 Å². The molecule has 7 heteroatoms. The Labute approximate surface area is 109 Å². The molecule has 0 bridgehead atoms. The molecule has 3 N–H and O–H groups in total. The first kappa shape index (κ1) is 13.0. The van der Waals surface area contributed by atoms with Crippen LogP contribution in [0.25, 0.3) is 0 Å². The van der Waals surface area contributed by atoms with Crippen LogP contribution in [0, 0.1) is 5.82 Å². The zero-order valence-electron chi connectivity index (χ0n) is 10.0. The molecule has 6 nitrogen and oxygen atoms in total. The fourth-order valence-electron chi connectivity index (χ4n) is 1.34. The Hall–Kier alpha value is -2.41. The van der Waals surface area contributed by atoms with Crippen molar-refractivity contribution in [3.63, 3.8) is 0 Å². The van der Waals surface area contributed by atoms with Crippen LogP contribution in [0.5, 0.6) is 11.6 Å². The van der Waals surface area contributed by atoms with E-state index in [1.807, 2.05) is 30.3 Å². The lowest BCUT2D eigenvalue weighted by Gasteiger charge is -2.08. The number of nitrogens with two attached hydrogens (primary N) is 1. The molecular weight excluding hydrogens is 251 g/mol. The summed E-state index contributed by atoms with van der Waals surface area (Å²) in [6.45, 7) is 0.436. The van der Waals surface area contributed by atoms with Crippen LogP contribution in [-0.4, -0.2) is 23.2 Å². The van der Waals surface area contributed by atoms with Gasteiger partial charge in [0.1, 0.15) is 19.0 Å². The Kier molecular flexibility index (Phi) is 4.46. The summed E-state index contributed by atoms with van der Waals surface area (Å²) in [5.41, 5.74) is 2.21. The van der Waals surface area contributed by atoms with E-state index in [1.165, 1.54) is 0 Å². The first-order chi connectivity index (χ1) is 9.29. The second kappa shape index (κ2) is 6.50. The molecule has 2 rings (SSSR count). The Morgan fingerprint density at radius 3 is 2.63 bits per heavy atom. The van der Waals surface area contributed by atoms with E-state index >= 15 is 0 Å². The van der Waals surface area contributed by atoms with Crippen molar-refractivity contribution in [2.24, 2.45) is 5.84 Å². The summed E-state index contributed by atoms with van der Waals surface area (Å²) < 4.78 is 23.8. The van der Waals surface area contributed by atoms with Gasteiger partial charge in [0.15, 0.2) is 0 Å². The first-order valence-corrected chi connectivity index (χ1v) is 5.59. The van der Waals surface area contributed by atoms with Crippen LogP contribution in [0.4, 0.5) is 10.3 Å². The van der Waals surface area contributed by atoms with Crippen LogP contribution in [-0.2, 0) is 0 Å². The summed E-state index contributed by atoms with van der Waals surface area (Å²) in [4.78, 5) is 7.34. The van der Waals surface area contributed by atoms with Gasteiger partial charge in [-0.2, -0.15) is 9.37 Å². The first-order valence-electron chi connectivity index (χ1n) is 5.59. The maximum atomic E-state index is 13.3. The summed E-state index contributed by atoms with van der Waals surface area (Å²) in [6.07, 6.45) is 0.982. The highest BCUT2D eigenvalue weighted by molar-refractivity contribution is 5.26. The molecule has 0 radical (unpaired) electrons. The fraction of sp³-hybridized carbons (Fsp3) is 0.167. The SMILES string of the molecule is NNc1ncc(F)c(OCCOc2ccccc2)n1. The minimum Gasteiger partial charge on any atom is -0.490 e. The van der Waals surface area contributed by atoms with Gasteiger partial charge in [0.2, 0.25) is 11.8 Å². The van der Waals surface area contributed by atoms with Crippen molar-refractivity contribution < 1.29 is 13.9 Å². The van der Waals surface area contributed by atoms with Gasteiger partial charge in [0.25, 0.3) is 5.88 Å². The number of nitrogen functional groups attached to an aromatic ring is 1. The highest BCUT2D eigenvalue weighted by Gasteiger charge is 2.07. The molecule has 0 fully saturated rings. The van der Waals surface area contributed by atoms with E-state index in [0.29, 0.717) is 0 Å². The van der Waals surface area contributed by atoms with Gasteiger partial charge in [0, 0.05) is 0 Å². The molecule has 0 aliphatic rings. The van der Waals surface area contributed by atoms with Crippen molar-refractivity contribution in [2.75, 3.05) is 18.6 Å². The van der Waals surface area contributed by atoms with Gasteiger partial charge < -0.3 is 9.47 Å². The second-order valence-electron chi connectivity index (χ2n) is 3.50. The summed E-state index contributed by atoms with van der Waals surface area (Å²) in [7, 11) is 0. The molecule has 0 saturated heterocycles. The predicted molar refractivity (Wildman–Crippen MR) is 67.2 cm³/mol. The molecule has 1 aromatic carbocycles. The number of anilines is 1. The van der Waals surface area contributed by atoms with Crippen molar-refractivity contribution in [3.8, 4) is 11.6 Å². The largest absolute Gasteiger partial charge is 0.490 e. The van der Waals surface area contributed by atoms with Gasteiger partial charge in [-0.15, -0.1) is 0 Å². The molecular formula is C12H13FN4O2. The lowest BCUT2D eigenvalue weighted by Crippen LogP contribution is -2.14. The quantitative estimate of drug-likeness (QED) is 0.465. The summed E-state index contributed by atoms with van der Waals surface area (Å²) in [5.74, 6) is 5.11. The smallest absolute Gasteiger partial charge is 0.255 e. The number of halogens is 1. The average Bonchev–Trinajstić information content (AvgIpc) is 2.46. The molecule has 0 amide bonds. The number of para-hydroxylation sites is 1. The molecule has 1 heterocycles. The topological polar surface area (TPSA) is 82.3 Å². The highest BCUT2D eigenvalue weighted by Crippen LogP contribution is 2.14. The van der Waals surface area contributed by atoms with Gasteiger partial charge in [-0.3, -0.25) is 5.43 Å². The van der Waals surface area contributed by atoms with E-state index < -0.39 is 5.82 Å². The summed E-state index contributed by atoms with van der Waals surface area (Å²) in [6, 6.07) is 9.25. The van der Waals surface area contributed by atoms with Gasteiger partial charge >= 0.3 is 0 Å². The predicted octanol–water partition coefficient (Wildman–Crippen LogP) is 1.36. The van der Waals surface area contributed by atoms with Gasteiger partial charge in [-0.25, -0.2) is 10.8 Å². The number of rotatable bonds is 6. The number of hydrazine groups is 1. The van der Waals surface area contributed by atoms with Crippen LogP contribution in [0.2, 0.25) is 0 Å². The van der Waals surface area contributed by atoms with Crippen molar-refractivity contribution in [3.05, 3.63) is 42.3 Å². The van der Waals surface area contributed by atoms with E-state index in [4.69, 9.17) is 15.3 Å². The number of benzene rings is 1. The van der Waals surface area contributed by atoms with E-state index in [9.17, 15) is 4.39 Å². The van der Waals surface area contributed by atoms with E-state index in [0.717, 1.165) is 11.9 Å². The second-order valence-corrected chi connectivity index (χ2v) is 3.50. The molecule has 100 valence electrons. The fourth-order valence-corrected chi connectivity index (χ4v) is 1.34. The van der Waals surface area contributed by atoms with Gasteiger partial charge in [-0.1, -0.05) is 18.2 Å². The van der Waals surface area contributed by atoms with E-state index in [1.54, 1.807) is 0 Å². The number of hydrogen-bond acceptors (Lipinski definition) is 6. The number of hydrogen-bond donors (Lipinski definition) is 2. The third-order valence-corrected chi connectivity index (χ3v) is 2.18. The molecule has 0 aliphatic carbocycles. The molecule has 0 atom stereocenters. The molecule has 0 aliphatic heterocycles. The number of ether oxygens (including phenoxy) is 2. The van der Waals surface area contributed by atoms with Crippen LogP contribution >= 0.6 is 0 Å². The number of aromatic nitrogens is 2. The summed E-state index contributed by atoms with van der Waals surface area (Å²) >= 11 is 0. The molecule has 1 aromatic heterocycles. The van der Waals surface area contributed by atoms with Crippen molar-refractivity contribution >= 4 is 5.95 Å². The molecule has 0 spiro atoms. The lowest BCUT2D eigenvalue weighted by molar-refractivity contribution is 0.205. The maximum Gasteiger partial charge on any atom is 0.255 e. The molecule has 2 aromatic rings. The maximum absolute atomic E-state index is 13.3. The van der Waals surface area contributed by atoms with Gasteiger partial charge in [0.05, 0.1) is 6.20 Å². The molecule has 0 unspecified atom stereocenters. The van der Waals surface area contributed by atoms with Crippen LogP contribution in [0.3, 0.4) is 0 Å². The Morgan fingerprint density at radius 1 is 1.16 bits per heavy atom. The van der Waals surface area contributed by atoms with E-state index in [-0.39, 0.29) is 25.0 Å². The Morgan fingerprint density at radius 2 is 1.89 bits per heavy atom. The molecule has 0 saturated carbocycles. The monoisotopic (exact) mass is 264 g/mol. The van der Waals surface area contributed by atoms with Crippen molar-refractivity contribution in [1.29, 1.82) is 0 Å². The molecule has 19 heavy (non-hydrogen) atoms. The highest BCUT2D eigenvalue weighted by atomic mass is 19.1. The van der Waals surface area contributed by atoms with Crippen molar-refractivity contribution in [1.82, 2.24) is 9.97 Å². The minimum absolute atomic E-state index is 0.0837. The van der Waals surface area contributed by atoms with Crippen LogP contribution in [0.1, 0.15) is 0 Å². The summed E-state index contributed by atoms with van der Waals surface area (Å²) in [5, 5.41) is 0. The Bertz CT molecular complexity index is 524. The third kappa shape index (κ3) is 3.78. The van der Waals surface area contributed by atoms with E-state index in [2.05, 4.69) is 15.4 Å². The lowest BCUT2D eigenvalue weighted by atomic mass is 10.3. The zero-order valence-corrected chi connectivity index (χ0v) is 10.0.